The van der Waals surface area contributed by atoms with Crippen LogP contribution in [0, 0.1) is 11.3 Å². The summed E-state index contributed by atoms with van der Waals surface area (Å²) in [4.78, 5) is 0. The molecule has 0 aliphatic rings. The van der Waals surface area contributed by atoms with Crippen LogP contribution in [0.2, 0.25) is 0 Å². The van der Waals surface area contributed by atoms with Gasteiger partial charge in [-0.15, -0.1) is 0 Å². The van der Waals surface area contributed by atoms with E-state index in [-0.39, 0.29) is 6.04 Å². The number of benzene rings is 2. The normalized spacial score (nSPS) is 11.7. The number of nitriles is 1. The summed E-state index contributed by atoms with van der Waals surface area (Å²) in [6, 6.07) is 17.7. The molecule has 0 spiro atoms. The number of nitrogens with two attached hydrogens (primary N) is 1. The van der Waals surface area contributed by atoms with Crippen LogP contribution in [0.3, 0.4) is 0 Å². The molecule has 0 aromatic heterocycles. The van der Waals surface area contributed by atoms with Gasteiger partial charge in [-0.3, -0.25) is 0 Å². The fourth-order valence-electron chi connectivity index (χ4n) is 1.96. The molecule has 0 saturated heterocycles. The van der Waals surface area contributed by atoms with Crippen molar-refractivity contribution in [3.8, 4) is 6.07 Å². The first-order chi connectivity index (χ1) is 9.70. The monoisotopic (exact) mass is 329 g/mol. The largest absolute Gasteiger partial charge is 0.384 e. The number of nitrogens with one attached hydrogen (secondary N) is 1. The van der Waals surface area contributed by atoms with Crippen LogP contribution in [0.1, 0.15) is 23.6 Å². The fraction of sp³-hybridized carbons (Fsp3) is 0.188. The molecule has 4 heteroatoms. The molecular formula is C16H16BrN3. The minimum absolute atomic E-state index is 0.0286. The van der Waals surface area contributed by atoms with E-state index in [4.69, 9.17) is 11.0 Å². The highest BCUT2D eigenvalue weighted by Crippen LogP contribution is 2.24. The highest BCUT2D eigenvalue weighted by Gasteiger charge is 2.06. The van der Waals surface area contributed by atoms with Crippen LogP contribution in [0.4, 0.5) is 5.69 Å². The van der Waals surface area contributed by atoms with Gasteiger partial charge in [0.1, 0.15) is 0 Å². The van der Waals surface area contributed by atoms with Gasteiger partial charge in [0.25, 0.3) is 0 Å². The molecule has 2 aromatic rings. The van der Waals surface area contributed by atoms with Crippen LogP contribution in [-0.4, -0.2) is 6.54 Å². The summed E-state index contributed by atoms with van der Waals surface area (Å²) in [5.41, 5.74) is 8.91. The molecule has 0 heterocycles. The number of hydrogen-bond acceptors (Lipinski definition) is 3. The van der Waals surface area contributed by atoms with Crippen molar-refractivity contribution < 1.29 is 0 Å². The van der Waals surface area contributed by atoms with Crippen molar-refractivity contribution in [1.29, 1.82) is 5.26 Å². The van der Waals surface area contributed by atoms with Gasteiger partial charge in [0, 0.05) is 22.7 Å². The minimum atomic E-state index is 0.0286. The van der Waals surface area contributed by atoms with E-state index in [9.17, 15) is 0 Å². The van der Waals surface area contributed by atoms with Crippen molar-refractivity contribution in [3.63, 3.8) is 0 Å². The Morgan fingerprint density at radius 2 is 1.95 bits per heavy atom. The van der Waals surface area contributed by atoms with Crippen LogP contribution < -0.4 is 11.1 Å². The van der Waals surface area contributed by atoms with Crippen LogP contribution in [0.25, 0.3) is 0 Å². The predicted molar refractivity (Wildman–Crippen MR) is 85.3 cm³/mol. The maximum absolute atomic E-state index is 8.82. The van der Waals surface area contributed by atoms with Gasteiger partial charge in [0.15, 0.2) is 0 Å². The summed E-state index contributed by atoms with van der Waals surface area (Å²) in [6.45, 7) is 0.778. The smallest absolute Gasteiger partial charge is 0.0992 e. The van der Waals surface area contributed by atoms with E-state index in [2.05, 4.69) is 27.3 Å². The maximum atomic E-state index is 8.82. The lowest BCUT2D eigenvalue weighted by atomic mass is 10.1. The number of rotatable bonds is 5. The molecule has 102 valence electrons. The van der Waals surface area contributed by atoms with Crippen molar-refractivity contribution in [3.05, 3.63) is 64.1 Å². The second kappa shape index (κ2) is 7.09. The number of halogens is 1. The fourth-order valence-corrected chi connectivity index (χ4v) is 2.48. The van der Waals surface area contributed by atoms with Gasteiger partial charge in [-0.05, 0) is 46.1 Å². The second-order valence-corrected chi connectivity index (χ2v) is 5.39. The maximum Gasteiger partial charge on any atom is 0.0992 e. The Bertz CT molecular complexity index is 605. The average Bonchev–Trinajstić information content (AvgIpc) is 2.49. The number of anilines is 1. The van der Waals surface area contributed by atoms with Crippen LogP contribution >= 0.6 is 15.9 Å². The molecule has 2 rings (SSSR count). The quantitative estimate of drug-likeness (QED) is 0.876. The SMILES string of the molecule is N#Cc1ccc(NCCC(N)c2ccccc2)c(Br)c1. The first-order valence-electron chi connectivity index (χ1n) is 6.45. The average molecular weight is 330 g/mol. The van der Waals surface area contributed by atoms with Gasteiger partial charge < -0.3 is 11.1 Å². The molecule has 0 fully saturated rings. The molecule has 3 N–H and O–H groups in total. The summed E-state index contributed by atoms with van der Waals surface area (Å²) < 4.78 is 0.893. The molecule has 1 unspecified atom stereocenters. The van der Waals surface area contributed by atoms with E-state index in [1.165, 1.54) is 0 Å². The number of nitrogens with zero attached hydrogens (tertiary/aromatic N) is 1. The predicted octanol–water partition coefficient (Wildman–Crippen LogP) is 3.82. The lowest BCUT2D eigenvalue weighted by Gasteiger charge is -2.14. The van der Waals surface area contributed by atoms with Crippen LogP contribution in [0.5, 0.6) is 0 Å². The second-order valence-electron chi connectivity index (χ2n) is 4.54. The summed E-state index contributed by atoms with van der Waals surface area (Å²) in [7, 11) is 0. The van der Waals surface area contributed by atoms with Gasteiger partial charge in [-0.1, -0.05) is 30.3 Å². The topological polar surface area (TPSA) is 61.8 Å². The van der Waals surface area contributed by atoms with E-state index in [1.807, 2.05) is 36.4 Å². The minimum Gasteiger partial charge on any atom is -0.384 e. The molecular weight excluding hydrogens is 314 g/mol. The Kier molecular flexibility index (Phi) is 5.16. The van der Waals surface area contributed by atoms with Crippen molar-refractivity contribution >= 4 is 21.6 Å². The summed E-state index contributed by atoms with van der Waals surface area (Å²) in [5, 5.41) is 12.1. The number of hydrogen-bond donors (Lipinski definition) is 2. The van der Waals surface area contributed by atoms with Crippen molar-refractivity contribution in [2.75, 3.05) is 11.9 Å². The Morgan fingerprint density at radius 1 is 1.20 bits per heavy atom. The van der Waals surface area contributed by atoms with Gasteiger partial charge >= 0.3 is 0 Å². The lowest BCUT2D eigenvalue weighted by molar-refractivity contribution is 0.675. The van der Waals surface area contributed by atoms with Gasteiger partial charge in [0.2, 0.25) is 0 Å². The Morgan fingerprint density at radius 3 is 2.60 bits per heavy atom. The first kappa shape index (κ1) is 14.6. The molecule has 0 bridgehead atoms. The third kappa shape index (κ3) is 3.83. The zero-order chi connectivity index (χ0) is 14.4. The first-order valence-corrected chi connectivity index (χ1v) is 7.24. The van der Waals surface area contributed by atoms with Crippen molar-refractivity contribution in [2.24, 2.45) is 5.73 Å². The van der Waals surface area contributed by atoms with Crippen molar-refractivity contribution in [1.82, 2.24) is 0 Å². The molecule has 0 radical (unpaired) electrons. The molecule has 1 atom stereocenters. The standard InChI is InChI=1S/C16H16BrN3/c17-14-10-12(11-18)6-7-16(14)20-9-8-15(19)13-4-2-1-3-5-13/h1-7,10,15,20H,8-9,19H2. The van der Waals surface area contributed by atoms with E-state index in [0.717, 1.165) is 28.7 Å². The summed E-state index contributed by atoms with van der Waals surface area (Å²) in [5.74, 6) is 0. The van der Waals surface area contributed by atoms with E-state index in [1.54, 1.807) is 12.1 Å². The van der Waals surface area contributed by atoms with E-state index in [0.29, 0.717) is 5.56 Å². The molecule has 0 saturated carbocycles. The zero-order valence-electron chi connectivity index (χ0n) is 11.0. The van der Waals surface area contributed by atoms with Crippen LogP contribution in [0.15, 0.2) is 53.0 Å². The molecule has 2 aromatic carbocycles. The van der Waals surface area contributed by atoms with Gasteiger partial charge in [0.05, 0.1) is 11.6 Å². The lowest BCUT2D eigenvalue weighted by Crippen LogP contribution is -2.15. The Labute approximate surface area is 127 Å². The van der Waals surface area contributed by atoms with Gasteiger partial charge in [-0.2, -0.15) is 5.26 Å². The Hall–Kier alpha value is -1.83. The molecule has 0 amide bonds. The summed E-state index contributed by atoms with van der Waals surface area (Å²) >= 11 is 3.46. The molecule has 0 aliphatic heterocycles. The van der Waals surface area contributed by atoms with E-state index < -0.39 is 0 Å². The third-order valence-corrected chi connectivity index (χ3v) is 3.75. The molecule has 3 nitrogen and oxygen atoms in total. The van der Waals surface area contributed by atoms with Crippen molar-refractivity contribution in [2.45, 2.75) is 12.5 Å². The van der Waals surface area contributed by atoms with E-state index >= 15 is 0 Å². The third-order valence-electron chi connectivity index (χ3n) is 3.10. The summed E-state index contributed by atoms with van der Waals surface area (Å²) in [6.07, 6.45) is 0.844. The highest BCUT2D eigenvalue weighted by atomic mass is 79.9. The Balaban J connectivity index is 1.89. The molecule has 0 aliphatic carbocycles. The molecule has 20 heavy (non-hydrogen) atoms. The zero-order valence-corrected chi connectivity index (χ0v) is 12.6. The van der Waals surface area contributed by atoms with Gasteiger partial charge in [-0.25, -0.2) is 0 Å². The highest BCUT2D eigenvalue weighted by molar-refractivity contribution is 9.10. The van der Waals surface area contributed by atoms with Crippen LogP contribution in [-0.2, 0) is 0 Å².